The number of halogens is 8. The number of rotatable bonds is 5. The van der Waals surface area contributed by atoms with Gasteiger partial charge in [-0.3, -0.25) is 14.3 Å². The highest BCUT2D eigenvalue weighted by molar-refractivity contribution is 6.31. The number of fused-ring (bicyclic) bond motifs is 3. The molecule has 0 saturated carbocycles. The van der Waals surface area contributed by atoms with Crippen LogP contribution in [0.5, 0.6) is 0 Å². The van der Waals surface area contributed by atoms with E-state index in [1.807, 2.05) is 0 Å². The number of aryl methyl sites for hydroxylation is 1. The number of nitrogens with zero attached hydrogens (tertiary/aromatic N) is 2. The molecule has 2 amide bonds. The molecule has 1 unspecified atom stereocenters. The molecule has 1 aromatic heterocycles. The van der Waals surface area contributed by atoms with Crippen LogP contribution < -0.4 is 10.6 Å². The summed E-state index contributed by atoms with van der Waals surface area (Å²) in [5.74, 6) is -4.44. The topological polar surface area (TPSA) is 76.0 Å². The van der Waals surface area contributed by atoms with Crippen LogP contribution >= 0.6 is 11.6 Å². The molecule has 2 N–H and O–H groups in total. The zero-order valence-electron chi connectivity index (χ0n) is 22.6. The molecule has 14 heteroatoms. The van der Waals surface area contributed by atoms with E-state index in [0.717, 1.165) is 24.3 Å². The van der Waals surface area contributed by atoms with Gasteiger partial charge in [0.1, 0.15) is 18.2 Å². The fourth-order valence-corrected chi connectivity index (χ4v) is 4.81. The normalized spacial score (nSPS) is 16.5. The van der Waals surface area contributed by atoms with Gasteiger partial charge in [0.15, 0.2) is 0 Å². The number of nitrogens with one attached hydrogen (secondary N) is 2. The molecule has 1 aliphatic heterocycles. The first-order valence-corrected chi connectivity index (χ1v) is 11.6. The number of amides is 2. The summed E-state index contributed by atoms with van der Waals surface area (Å²) in [6.07, 6.45) is -8.06. The second-order valence-electron chi connectivity index (χ2n) is 8.78. The number of anilines is 1. The van der Waals surface area contributed by atoms with Gasteiger partial charge in [-0.15, -0.1) is 0 Å². The number of hydrogen-bond acceptors (Lipinski definition) is 3. The zero-order valence-corrected chi connectivity index (χ0v) is 20.4. The van der Waals surface area contributed by atoms with E-state index < -0.39 is 77.9 Å². The van der Waals surface area contributed by atoms with E-state index in [-0.39, 0.29) is 38.8 Å². The van der Waals surface area contributed by atoms with Gasteiger partial charge in [0.25, 0.3) is 18.2 Å². The Morgan fingerprint density at radius 1 is 1.18 bits per heavy atom. The molecule has 0 fully saturated rings. The zero-order chi connectivity index (χ0) is 31.6. The molecule has 5 rings (SSSR count). The maximum Gasteiger partial charge on any atom is 0.416 e. The van der Waals surface area contributed by atoms with Crippen LogP contribution in [0.2, 0.25) is 5.02 Å². The van der Waals surface area contributed by atoms with Crippen LogP contribution in [0.3, 0.4) is 0 Å². The molecule has 1 atom stereocenters. The highest BCUT2D eigenvalue weighted by Crippen LogP contribution is 2.44. The molecule has 40 heavy (non-hydrogen) atoms. The molecule has 2 heterocycles. The smallest absolute Gasteiger partial charge is 0.341 e. The highest BCUT2D eigenvalue weighted by atomic mass is 35.5. The van der Waals surface area contributed by atoms with E-state index in [2.05, 4.69) is 15.7 Å². The molecule has 0 saturated heterocycles. The summed E-state index contributed by atoms with van der Waals surface area (Å²) in [6.45, 7) is -4.15. The minimum Gasteiger partial charge on any atom is -0.341 e. The SMILES string of the molecule is [2H]C([2H])([2H])c1nn(CC(F)F)c2cc(NC(=O)c3cc(F)cc(C(F)(F)F)c3)c3c(c12)C(=O)NC3c1cc(F)ccc1Cl. The second kappa shape index (κ2) is 9.81. The lowest BCUT2D eigenvalue weighted by molar-refractivity contribution is -0.137. The number of carbonyl (C=O) groups excluding carboxylic acids is 2. The lowest BCUT2D eigenvalue weighted by Crippen LogP contribution is -2.21. The lowest BCUT2D eigenvalue weighted by Gasteiger charge is -2.19. The minimum atomic E-state index is -5.01. The first-order chi connectivity index (χ1) is 20.0. The molecule has 4 aromatic rings. The molecular weight excluding hydrogens is 569 g/mol. The van der Waals surface area contributed by atoms with Crippen LogP contribution in [0.1, 0.15) is 53.3 Å². The van der Waals surface area contributed by atoms with E-state index in [1.54, 1.807) is 0 Å². The summed E-state index contributed by atoms with van der Waals surface area (Å²) in [6, 6.07) is 3.82. The van der Waals surface area contributed by atoms with Crippen LogP contribution in [0.4, 0.5) is 36.4 Å². The van der Waals surface area contributed by atoms with E-state index >= 15 is 0 Å². The molecule has 1 aliphatic rings. The van der Waals surface area contributed by atoms with E-state index in [1.165, 1.54) is 0 Å². The van der Waals surface area contributed by atoms with E-state index in [9.17, 15) is 40.3 Å². The maximum absolute atomic E-state index is 14.2. The number of alkyl halides is 5. The van der Waals surface area contributed by atoms with E-state index in [0.29, 0.717) is 16.8 Å². The van der Waals surface area contributed by atoms with Crippen molar-refractivity contribution in [3.63, 3.8) is 0 Å². The molecule has 6 nitrogen and oxygen atoms in total. The van der Waals surface area contributed by atoms with Crippen LogP contribution in [0, 0.1) is 18.5 Å². The van der Waals surface area contributed by atoms with Crippen molar-refractivity contribution in [2.45, 2.75) is 32.0 Å². The number of aromatic nitrogens is 2. The molecular formula is C26H16ClF7N4O2. The third-order valence-electron chi connectivity index (χ3n) is 6.19. The van der Waals surface area contributed by atoms with Crippen molar-refractivity contribution >= 4 is 40.0 Å². The van der Waals surface area contributed by atoms with Gasteiger partial charge in [-0.2, -0.15) is 18.3 Å². The average molecular weight is 588 g/mol. The third-order valence-corrected chi connectivity index (χ3v) is 6.53. The van der Waals surface area contributed by atoms with Crippen LogP contribution in [-0.4, -0.2) is 28.0 Å². The van der Waals surface area contributed by atoms with Crippen molar-refractivity contribution in [1.29, 1.82) is 0 Å². The maximum atomic E-state index is 14.2. The highest BCUT2D eigenvalue weighted by Gasteiger charge is 2.38. The van der Waals surface area contributed by atoms with Gasteiger partial charge in [0, 0.05) is 36.9 Å². The van der Waals surface area contributed by atoms with Gasteiger partial charge in [0.05, 0.1) is 28.4 Å². The summed E-state index contributed by atoms with van der Waals surface area (Å²) in [5, 5.41) is 8.12. The van der Waals surface area contributed by atoms with Crippen LogP contribution in [0.15, 0.2) is 42.5 Å². The molecule has 0 radical (unpaired) electrons. The van der Waals surface area contributed by atoms with Crippen LogP contribution in [-0.2, 0) is 12.7 Å². The fourth-order valence-electron chi connectivity index (χ4n) is 4.58. The van der Waals surface area contributed by atoms with Crippen molar-refractivity contribution < 1.29 is 44.4 Å². The Labute approximate surface area is 229 Å². The van der Waals surface area contributed by atoms with Crippen molar-refractivity contribution in [3.05, 3.63) is 92.6 Å². The Morgan fingerprint density at radius 3 is 2.60 bits per heavy atom. The summed E-state index contributed by atoms with van der Waals surface area (Å²) in [4.78, 5) is 26.6. The van der Waals surface area contributed by atoms with Crippen molar-refractivity contribution in [2.24, 2.45) is 0 Å². The molecule has 0 spiro atoms. The second-order valence-corrected chi connectivity index (χ2v) is 9.19. The Morgan fingerprint density at radius 2 is 1.93 bits per heavy atom. The van der Waals surface area contributed by atoms with Gasteiger partial charge in [0.2, 0.25) is 0 Å². The van der Waals surface area contributed by atoms with Gasteiger partial charge in [-0.1, -0.05) is 11.6 Å². The fraction of sp³-hybridized carbons (Fsp3) is 0.192. The summed E-state index contributed by atoms with van der Waals surface area (Å²) in [5.41, 5.74) is -4.38. The third kappa shape index (κ3) is 4.85. The summed E-state index contributed by atoms with van der Waals surface area (Å²) < 4.78 is 119. The van der Waals surface area contributed by atoms with Crippen LogP contribution in [0.25, 0.3) is 10.9 Å². The predicted octanol–water partition coefficient (Wildman–Crippen LogP) is 6.65. The van der Waals surface area contributed by atoms with Gasteiger partial charge in [-0.25, -0.2) is 17.6 Å². The van der Waals surface area contributed by atoms with Crippen molar-refractivity contribution in [1.82, 2.24) is 15.1 Å². The Kier molecular flexibility index (Phi) is 5.82. The first-order valence-electron chi connectivity index (χ1n) is 12.8. The number of carbonyl (C=O) groups is 2. The van der Waals surface area contributed by atoms with Gasteiger partial charge >= 0.3 is 6.18 Å². The number of hydrogen-bond donors (Lipinski definition) is 2. The average Bonchev–Trinajstić information content (AvgIpc) is 3.42. The molecule has 3 aromatic carbocycles. The summed E-state index contributed by atoms with van der Waals surface area (Å²) in [7, 11) is 0. The van der Waals surface area contributed by atoms with Gasteiger partial charge < -0.3 is 10.6 Å². The molecule has 0 aliphatic carbocycles. The predicted molar refractivity (Wildman–Crippen MR) is 131 cm³/mol. The lowest BCUT2D eigenvalue weighted by atomic mass is 9.93. The minimum absolute atomic E-state index is 0.0517. The monoisotopic (exact) mass is 587 g/mol. The Bertz CT molecular complexity index is 1810. The Balaban J connectivity index is 1.79. The molecule has 0 bridgehead atoms. The largest absolute Gasteiger partial charge is 0.416 e. The Hall–Kier alpha value is -4.13. The van der Waals surface area contributed by atoms with Crippen molar-refractivity contribution in [3.8, 4) is 0 Å². The standard InChI is InChI=1S/C26H16ClF7N4O2/c1-10-20-18(38(37-10)9-19(30)31)8-17(35-24(39)11-4-12(26(32,33)34)6-14(29)5-11)21-22(20)25(40)36-23(21)15-7-13(28)2-3-16(15)27/h2-8,19,23H,9H2,1H3,(H,35,39)(H,36,40)/i1D3. The van der Waals surface area contributed by atoms with E-state index in [4.69, 9.17) is 15.7 Å². The number of benzene rings is 3. The first kappa shape index (κ1) is 23.7. The quantitative estimate of drug-likeness (QED) is 0.257. The molecule has 208 valence electrons. The van der Waals surface area contributed by atoms with Crippen molar-refractivity contribution in [2.75, 3.05) is 5.32 Å². The summed E-state index contributed by atoms with van der Waals surface area (Å²) >= 11 is 6.26. The van der Waals surface area contributed by atoms with Gasteiger partial charge in [-0.05, 0) is 49.3 Å².